The van der Waals surface area contributed by atoms with Crippen molar-refractivity contribution in [2.24, 2.45) is 0 Å². The van der Waals surface area contributed by atoms with Gasteiger partial charge in [0.15, 0.2) is 0 Å². The van der Waals surface area contributed by atoms with E-state index in [9.17, 15) is 14.7 Å². The highest BCUT2D eigenvalue weighted by Crippen LogP contribution is 2.32. The Labute approximate surface area is 127 Å². The van der Waals surface area contributed by atoms with Gasteiger partial charge in [-0.1, -0.05) is 18.2 Å². The number of nitrogens with zero attached hydrogens (tertiary/aromatic N) is 1. The van der Waals surface area contributed by atoms with Crippen molar-refractivity contribution >= 4 is 29.4 Å². The van der Waals surface area contributed by atoms with Gasteiger partial charge in [-0.3, -0.25) is 4.90 Å². The van der Waals surface area contributed by atoms with Crippen molar-refractivity contribution in [1.29, 1.82) is 0 Å². The Kier molecular flexibility index (Phi) is 4.05. The van der Waals surface area contributed by atoms with Crippen LogP contribution in [0.5, 0.6) is 0 Å². The van der Waals surface area contributed by atoms with Crippen molar-refractivity contribution in [2.45, 2.75) is 30.6 Å². The molecule has 0 spiro atoms. The molecule has 0 bridgehead atoms. The summed E-state index contributed by atoms with van der Waals surface area (Å²) in [4.78, 5) is 25.2. The summed E-state index contributed by atoms with van der Waals surface area (Å²) in [5.41, 5.74) is 1.62. The SMILES string of the molecule is O=C(O)[C@@H]1Cc2ccccc2N1C(=O)NCC1CCCS1. The molecule has 0 radical (unpaired) electrons. The summed E-state index contributed by atoms with van der Waals surface area (Å²) in [6, 6.07) is 6.27. The summed E-state index contributed by atoms with van der Waals surface area (Å²) in [5.74, 6) is 0.182. The zero-order valence-electron chi connectivity index (χ0n) is 11.6. The zero-order valence-corrected chi connectivity index (χ0v) is 12.4. The number of benzene rings is 1. The third-order valence-corrected chi connectivity index (χ3v) is 5.38. The van der Waals surface area contributed by atoms with Crippen LogP contribution in [0.1, 0.15) is 18.4 Å². The first-order valence-electron chi connectivity index (χ1n) is 7.16. The van der Waals surface area contributed by atoms with Crippen molar-refractivity contribution in [3.8, 4) is 0 Å². The number of para-hydroxylation sites is 1. The number of rotatable bonds is 3. The van der Waals surface area contributed by atoms with Gasteiger partial charge < -0.3 is 10.4 Å². The molecule has 2 atom stereocenters. The van der Waals surface area contributed by atoms with E-state index in [-0.39, 0.29) is 6.03 Å². The highest BCUT2D eigenvalue weighted by molar-refractivity contribution is 8.00. The molecule has 2 amide bonds. The maximum atomic E-state index is 12.4. The smallest absolute Gasteiger partial charge is 0.327 e. The summed E-state index contributed by atoms with van der Waals surface area (Å²) in [7, 11) is 0. The number of aliphatic carboxylic acids is 1. The topological polar surface area (TPSA) is 69.6 Å². The van der Waals surface area contributed by atoms with E-state index in [4.69, 9.17) is 0 Å². The lowest BCUT2D eigenvalue weighted by atomic mass is 10.1. The number of carbonyl (C=O) groups is 2. The van der Waals surface area contributed by atoms with Crippen molar-refractivity contribution in [3.63, 3.8) is 0 Å². The minimum atomic E-state index is -0.961. The molecule has 1 unspecified atom stereocenters. The number of amides is 2. The van der Waals surface area contributed by atoms with E-state index in [1.807, 2.05) is 36.0 Å². The molecule has 0 saturated carbocycles. The minimum absolute atomic E-state index is 0.306. The second-order valence-corrected chi connectivity index (χ2v) is 6.79. The first kappa shape index (κ1) is 14.3. The molecule has 1 aromatic rings. The highest BCUT2D eigenvalue weighted by atomic mass is 32.2. The highest BCUT2D eigenvalue weighted by Gasteiger charge is 2.38. The van der Waals surface area contributed by atoms with E-state index in [2.05, 4.69) is 5.32 Å². The molecule has 112 valence electrons. The van der Waals surface area contributed by atoms with E-state index < -0.39 is 12.0 Å². The number of carbonyl (C=O) groups excluding carboxylic acids is 1. The number of thioether (sulfide) groups is 1. The van der Waals surface area contributed by atoms with Gasteiger partial charge in [0.1, 0.15) is 6.04 Å². The van der Waals surface area contributed by atoms with E-state index in [0.29, 0.717) is 23.9 Å². The fraction of sp³-hybridized carbons (Fsp3) is 0.467. The molecule has 2 N–H and O–H groups in total. The van der Waals surface area contributed by atoms with Gasteiger partial charge in [0.05, 0.1) is 0 Å². The molecule has 2 aliphatic heterocycles. The number of hydrogen-bond acceptors (Lipinski definition) is 3. The molecule has 3 rings (SSSR count). The van der Waals surface area contributed by atoms with Crippen molar-refractivity contribution < 1.29 is 14.7 Å². The summed E-state index contributed by atoms with van der Waals surface area (Å²) in [6.45, 7) is 0.606. The first-order chi connectivity index (χ1) is 10.2. The Morgan fingerprint density at radius 2 is 2.19 bits per heavy atom. The predicted molar refractivity (Wildman–Crippen MR) is 82.9 cm³/mol. The van der Waals surface area contributed by atoms with Gasteiger partial charge in [0.2, 0.25) is 0 Å². The molecule has 1 aromatic carbocycles. The maximum absolute atomic E-state index is 12.4. The number of urea groups is 1. The Balaban J connectivity index is 1.73. The molecule has 0 aliphatic carbocycles. The fourth-order valence-electron chi connectivity index (χ4n) is 2.93. The number of anilines is 1. The third kappa shape index (κ3) is 2.85. The van der Waals surface area contributed by atoms with Crippen molar-refractivity contribution in [3.05, 3.63) is 29.8 Å². The van der Waals surface area contributed by atoms with Gasteiger partial charge >= 0.3 is 12.0 Å². The Morgan fingerprint density at radius 3 is 2.90 bits per heavy atom. The summed E-state index contributed by atoms with van der Waals surface area (Å²) in [5, 5.41) is 12.7. The lowest BCUT2D eigenvalue weighted by Gasteiger charge is -2.23. The maximum Gasteiger partial charge on any atom is 0.327 e. The number of hydrogen-bond donors (Lipinski definition) is 2. The Bertz CT molecular complexity index is 558. The fourth-order valence-corrected chi connectivity index (χ4v) is 4.13. The van der Waals surface area contributed by atoms with Crippen molar-refractivity contribution in [1.82, 2.24) is 5.32 Å². The van der Waals surface area contributed by atoms with E-state index in [1.165, 1.54) is 11.3 Å². The third-order valence-electron chi connectivity index (χ3n) is 3.98. The number of carboxylic acid groups (broad SMARTS) is 1. The second-order valence-electron chi connectivity index (χ2n) is 5.38. The molecule has 2 aliphatic rings. The number of carboxylic acids is 1. The van der Waals surface area contributed by atoms with Gasteiger partial charge in [-0.25, -0.2) is 9.59 Å². The number of nitrogens with one attached hydrogen (secondary N) is 1. The van der Waals surface area contributed by atoms with Crippen LogP contribution in [0.3, 0.4) is 0 Å². The van der Waals surface area contributed by atoms with E-state index in [1.54, 1.807) is 0 Å². The van der Waals surface area contributed by atoms with Crippen LogP contribution in [0.15, 0.2) is 24.3 Å². The standard InChI is InChI=1S/C15H18N2O3S/c18-14(19)13-8-10-4-1-2-6-12(10)17(13)15(20)16-9-11-5-3-7-21-11/h1-2,4,6,11,13H,3,5,7-9H2,(H,16,20)(H,18,19)/t11?,13-/m0/s1. The van der Waals surface area contributed by atoms with Crippen LogP contribution in [-0.4, -0.2) is 40.7 Å². The lowest BCUT2D eigenvalue weighted by Crippen LogP contribution is -2.49. The molecular weight excluding hydrogens is 288 g/mol. The minimum Gasteiger partial charge on any atom is -0.480 e. The van der Waals surface area contributed by atoms with Gasteiger partial charge in [-0.2, -0.15) is 11.8 Å². The zero-order chi connectivity index (χ0) is 14.8. The van der Waals surface area contributed by atoms with Crippen LogP contribution in [0.2, 0.25) is 0 Å². The van der Waals surface area contributed by atoms with Crippen LogP contribution in [0.25, 0.3) is 0 Å². The summed E-state index contributed by atoms with van der Waals surface area (Å²) >= 11 is 1.87. The average molecular weight is 306 g/mol. The number of fused-ring (bicyclic) bond motifs is 1. The molecule has 5 nitrogen and oxygen atoms in total. The van der Waals surface area contributed by atoms with Crippen LogP contribution in [0, 0.1) is 0 Å². The van der Waals surface area contributed by atoms with Gasteiger partial charge in [0.25, 0.3) is 0 Å². The summed E-state index contributed by atoms with van der Waals surface area (Å²) < 4.78 is 0. The predicted octanol–water partition coefficient (Wildman–Crippen LogP) is 2.11. The normalized spacial score (nSPS) is 23.9. The molecular formula is C15H18N2O3S. The van der Waals surface area contributed by atoms with E-state index in [0.717, 1.165) is 17.7 Å². The van der Waals surface area contributed by atoms with Crippen molar-refractivity contribution in [2.75, 3.05) is 17.2 Å². The molecule has 21 heavy (non-hydrogen) atoms. The van der Waals surface area contributed by atoms with Gasteiger partial charge in [-0.05, 0) is 30.2 Å². The molecule has 1 saturated heterocycles. The van der Waals surface area contributed by atoms with Crippen LogP contribution in [0.4, 0.5) is 10.5 Å². The first-order valence-corrected chi connectivity index (χ1v) is 8.21. The average Bonchev–Trinajstić information content (AvgIpc) is 3.11. The van der Waals surface area contributed by atoms with Crippen LogP contribution >= 0.6 is 11.8 Å². The van der Waals surface area contributed by atoms with Crippen LogP contribution in [-0.2, 0) is 11.2 Å². The van der Waals surface area contributed by atoms with E-state index >= 15 is 0 Å². The molecule has 6 heteroatoms. The van der Waals surface area contributed by atoms with Gasteiger partial charge in [-0.15, -0.1) is 0 Å². The van der Waals surface area contributed by atoms with Crippen LogP contribution < -0.4 is 10.2 Å². The Hall–Kier alpha value is -1.69. The lowest BCUT2D eigenvalue weighted by molar-refractivity contribution is -0.138. The summed E-state index contributed by atoms with van der Waals surface area (Å²) in [6.07, 6.45) is 2.68. The molecule has 1 fully saturated rings. The molecule has 0 aromatic heterocycles. The van der Waals surface area contributed by atoms with Gasteiger partial charge in [0, 0.05) is 23.9 Å². The Morgan fingerprint density at radius 1 is 1.38 bits per heavy atom. The monoisotopic (exact) mass is 306 g/mol. The quantitative estimate of drug-likeness (QED) is 0.897. The largest absolute Gasteiger partial charge is 0.480 e. The molecule has 2 heterocycles. The second kappa shape index (κ2) is 5.97.